The number of fused-ring (bicyclic) bond motifs is 1. The summed E-state index contributed by atoms with van der Waals surface area (Å²) in [5, 5.41) is 11.1. The minimum atomic E-state index is -1.21. The molecule has 4 amide bonds. The second kappa shape index (κ2) is 3.51. The molecule has 0 aromatic carbocycles. The third-order valence-electron chi connectivity index (χ3n) is 3.21. The van der Waals surface area contributed by atoms with Crippen LogP contribution in [-0.2, 0) is 4.79 Å². The van der Waals surface area contributed by atoms with Crippen molar-refractivity contribution in [2.45, 2.75) is 19.1 Å². The smallest absolute Gasteiger partial charge is 0.428 e. The van der Waals surface area contributed by atoms with Crippen LogP contribution in [0.2, 0.25) is 0 Å². The monoisotopic (exact) mass is 242 g/mol. The molecule has 0 aromatic rings. The van der Waals surface area contributed by atoms with Crippen LogP contribution >= 0.6 is 0 Å². The van der Waals surface area contributed by atoms with Crippen LogP contribution in [0.1, 0.15) is 6.92 Å². The number of carboxylic acid groups (broad SMARTS) is 1. The Bertz CT molecular complexity index is 398. The molecule has 94 valence electrons. The summed E-state index contributed by atoms with van der Waals surface area (Å²) >= 11 is 0. The molecule has 2 saturated heterocycles. The summed E-state index contributed by atoms with van der Waals surface area (Å²) in [4.78, 5) is 37.5. The lowest BCUT2D eigenvalue weighted by Gasteiger charge is -2.39. The lowest BCUT2D eigenvalue weighted by Crippen LogP contribution is -2.61. The van der Waals surface area contributed by atoms with Crippen molar-refractivity contribution in [2.75, 3.05) is 20.6 Å². The van der Waals surface area contributed by atoms with Gasteiger partial charge in [0.1, 0.15) is 6.04 Å². The minimum Gasteiger partial charge on any atom is -0.464 e. The summed E-state index contributed by atoms with van der Waals surface area (Å²) in [5.41, 5.74) is 0. The van der Waals surface area contributed by atoms with E-state index in [9.17, 15) is 14.4 Å². The molecule has 0 aliphatic carbocycles. The fourth-order valence-electron chi connectivity index (χ4n) is 2.32. The summed E-state index contributed by atoms with van der Waals surface area (Å²) < 4.78 is 0. The fraction of sp³-hybridized carbons (Fsp3) is 0.667. The van der Waals surface area contributed by atoms with Crippen molar-refractivity contribution in [2.24, 2.45) is 0 Å². The van der Waals surface area contributed by atoms with Gasteiger partial charge in [0.25, 0.3) is 0 Å². The third-order valence-corrected chi connectivity index (χ3v) is 3.21. The molecule has 17 heavy (non-hydrogen) atoms. The van der Waals surface area contributed by atoms with Crippen LogP contribution in [0.4, 0.5) is 9.59 Å². The topological polar surface area (TPSA) is 84.4 Å². The lowest BCUT2D eigenvalue weighted by atomic mass is 10.1. The number of hydrazine groups is 1. The number of amides is 4. The first-order valence-electron chi connectivity index (χ1n) is 5.19. The summed E-state index contributed by atoms with van der Waals surface area (Å²) in [7, 11) is 2.98. The Kier molecular flexibility index (Phi) is 2.37. The molecule has 2 unspecified atom stereocenters. The number of likely N-dealkylation sites (N-methyl/N-ethyl adjacent to an activating group) is 1. The molecule has 1 N–H and O–H groups in total. The van der Waals surface area contributed by atoms with E-state index in [0.717, 1.165) is 10.0 Å². The minimum absolute atomic E-state index is 0.185. The molecule has 2 rings (SSSR count). The van der Waals surface area contributed by atoms with Crippen LogP contribution in [0, 0.1) is 0 Å². The van der Waals surface area contributed by atoms with Gasteiger partial charge < -0.3 is 10.0 Å². The van der Waals surface area contributed by atoms with Gasteiger partial charge in [-0.3, -0.25) is 9.69 Å². The maximum absolute atomic E-state index is 11.9. The average molecular weight is 242 g/mol. The highest BCUT2D eigenvalue weighted by Gasteiger charge is 2.52. The van der Waals surface area contributed by atoms with Gasteiger partial charge in [-0.2, -0.15) is 5.01 Å². The van der Waals surface area contributed by atoms with E-state index in [2.05, 4.69) is 0 Å². The second-order valence-electron chi connectivity index (χ2n) is 4.22. The molecule has 8 heteroatoms. The number of carbonyl (C=O) groups excluding carboxylic acids is 2. The van der Waals surface area contributed by atoms with Crippen molar-refractivity contribution in [3.05, 3.63) is 0 Å². The standard InChI is InChI=1S/C9H14N4O4/c1-5-7(14)10(2)4-6-12(5)8(15)11(3)13(6)9(16)17/h5-6H,4H2,1-3H3,(H,16,17). The van der Waals surface area contributed by atoms with Crippen LogP contribution in [-0.4, -0.2) is 75.8 Å². The van der Waals surface area contributed by atoms with Gasteiger partial charge in [-0.05, 0) is 6.92 Å². The molecular formula is C9H14N4O4. The molecule has 0 radical (unpaired) electrons. The molecule has 2 fully saturated rings. The van der Waals surface area contributed by atoms with Gasteiger partial charge in [0, 0.05) is 14.1 Å². The third kappa shape index (κ3) is 1.40. The van der Waals surface area contributed by atoms with Crippen LogP contribution in [0.15, 0.2) is 0 Å². The molecule has 0 saturated carbocycles. The van der Waals surface area contributed by atoms with E-state index in [1.165, 1.54) is 16.8 Å². The average Bonchev–Trinajstić information content (AvgIpc) is 2.48. The van der Waals surface area contributed by atoms with E-state index < -0.39 is 24.3 Å². The first-order valence-corrected chi connectivity index (χ1v) is 5.19. The Morgan fingerprint density at radius 2 is 1.94 bits per heavy atom. The van der Waals surface area contributed by atoms with Crippen LogP contribution in [0.3, 0.4) is 0 Å². The SMILES string of the molecule is CC1C(=O)N(C)CC2N1C(=O)N(C)N2C(=O)O. The van der Waals surface area contributed by atoms with Gasteiger partial charge in [-0.15, -0.1) is 0 Å². The Morgan fingerprint density at radius 1 is 1.35 bits per heavy atom. The number of rotatable bonds is 0. The van der Waals surface area contributed by atoms with Gasteiger partial charge in [0.2, 0.25) is 5.91 Å². The Hall–Kier alpha value is -1.99. The lowest BCUT2D eigenvalue weighted by molar-refractivity contribution is -0.142. The zero-order valence-corrected chi connectivity index (χ0v) is 9.82. The molecule has 2 atom stereocenters. The summed E-state index contributed by atoms with van der Waals surface area (Å²) in [6, 6.07) is -1.11. The molecule has 8 nitrogen and oxygen atoms in total. The maximum Gasteiger partial charge on any atom is 0.428 e. The Morgan fingerprint density at radius 3 is 2.47 bits per heavy atom. The molecular weight excluding hydrogens is 228 g/mol. The van der Waals surface area contributed by atoms with Crippen molar-refractivity contribution in [3.63, 3.8) is 0 Å². The largest absolute Gasteiger partial charge is 0.464 e. The van der Waals surface area contributed by atoms with Crippen molar-refractivity contribution >= 4 is 18.0 Å². The number of carbonyl (C=O) groups is 3. The van der Waals surface area contributed by atoms with Crippen molar-refractivity contribution < 1.29 is 19.5 Å². The molecule has 2 aliphatic heterocycles. The van der Waals surface area contributed by atoms with Gasteiger partial charge in [0.15, 0.2) is 6.17 Å². The first kappa shape index (κ1) is 11.5. The normalized spacial score (nSPS) is 28.9. The van der Waals surface area contributed by atoms with E-state index in [-0.39, 0.29) is 12.5 Å². The van der Waals surface area contributed by atoms with E-state index >= 15 is 0 Å². The zero-order valence-electron chi connectivity index (χ0n) is 9.82. The van der Waals surface area contributed by atoms with Crippen LogP contribution in [0.5, 0.6) is 0 Å². The number of piperazine rings is 1. The fourth-order valence-corrected chi connectivity index (χ4v) is 2.32. The predicted octanol–water partition coefficient (Wildman–Crippen LogP) is -0.565. The van der Waals surface area contributed by atoms with Gasteiger partial charge in [0.05, 0.1) is 6.54 Å². The second-order valence-corrected chi connectivity index (χ2v) is 4.22. The molecule has 2 heterocycles. The molecule has 0 aromatic heterocycles. The number of hydrogen-bond donors (Lipinski definition) is 1. The number of urea groups is 1. The van der Waals surface area contributed by atoms with E-state index in [4.69, 9.17) is 5.11 Å². The first-order chi connectivity index (χ1) is 7.86. The van der Waals surface area contributed by atoms with Crippen molar-refractivity contribution in [3.8, 4) is 0 Å². The van der Waals surface area contributed by atoms with E-state index in [1.807, 2.05) is 0 Å². The van der Waals surface area contributed by atoms with E-state index in [0.29, 0.717) is 0 Å². The predicted molar refractivity (Wildman–Crippen MR) is 55.7 cm³/mol. The number of hydrogen-bond acceptors (Lipinski definition) is 3. The summed E-state index contributed by atoms with van der Waals surface area (Å²) in [5.74, 6) is -0.185. The van der Waals surface area contributed by atoms with Gasteiger partial charge in [-0.25, -0.2) is 14.6 Å². The molecule has 2 aliphatic rings. The van der Waals surface area contributed by atoms with Crippen LogP contribution in [0.25, 0.3) is 0 Å². The van der Waals surface area contributed by atoms with E-state index in [1.54, 1.807) is 14.0 Å². The van der Waals surface area contributed by atoms with Crippen molar-refractivity contribution in [1.29, 1.82) is 0 Å². The van der Waals surface area contributed by atoms with Crippen molar-refractivity contribution in [1.82, 2.24) is 19.8 Å². The molecule has 0 spiro atoms. The number of nitrogens with zero attached hydrogens (tertiary/aromatic N) is 4. The Labute approximate surface area is 97.9 Å². The Balaban J connectivity index is 2.38. The van der Waals surface area contributed by atoms with Gasteiger partial charge >= 0.3 is 12.1 Å². The van der Waals surface area contributed by atoms with Gasteiger partial charge in [-0.1, -0.05) is 0 Å². The maximum atomic E-state index is 11.9. The highest BCUT2D eigenvalue weighted by atomic mass is 16.4. The summed E-state index contributed by atoms with van der Waals surface area (Å²) in [6.07, 6.45) is -1.84. The highest BCUT2D eigenvalue weighted by Crippen LogP contribution is 2.27. The summed E-state index contributed by atoms with van der Waals surface area (Å²) in [6.45, 7) is 1.79. The highest BCUT2D eigenvalue weighted by molar-refractivity contribution is 5.90. The zero-order chi connectivity index (χ0) is 12.9. The molecule has 0 bridgehead atoms. The van der Waals surface area contributed by atoms with Crippen LogP contribution < -0.4 is 0 Å². The quantitative estimate of drug-likeness (QED) is 0.616.